The molecule has 0 spiro atoms. The van der Waals surface area contributed by atoms with E-state index in [1.54, 1.807) is 0 Å². The van der Waals surface area contributed by atoms with Gasteiger partial charge in [0.15, 0.2) is 5.78 Å². The lowest BCUT2D eigenvalue weighted by Gasteiger charge is -2.38. The highest BCUT2D eigenvalue weighted by Gasteiger charge is 2.44. The summed E-state index contributed by atoms with van der Waals surface area (Å²) in [4.78, 5) is 26.0. The molecule has 1 atom stereocenters. The molecule has 0 bridgehead atoms. The van der Waals surface area contributed by atoms with Crippen molar-refractivity contribution in [3.8, 4) is 0 Å². The minimum atomic E-state index is -0.548. The fourth-order valence-corrected chi connectivity index (χ4v) is 4.02. The normalized spacial score (nSPS) is 21.5. The Labute approximate surface area is 166 Å². The van der Waals surface area contributed by atoms with Crippen molar-refractivity contribution < 1.29 is 23.5 Å². The number of carbonyl (C=O) groups excluding carboxylic acids is 2. The second-order valence-corrected chi connectivity index (χ2v) is 8.21. The number of furan rings is 1. The van der Waals surface area contributed by atoms with Crippen LogP contribution in [0.4, 0.5) is 0 Å². The third-order valence-corrected chi connectivity index (χ3v) is 5.17. The summed E-state index contributed by atoms with van der Waals surface area (Å²) in [6.07, 6.45) is 1.18. The maximum atomic E-state index is 13.1. The predicted molar refractivity (Wildman–Crippen MR) is 105 cm³/mol. The Morgan fingerprint density at radius 2 is 2.00 bits per heavy atom. The monoisotopic (exact) mass is 387 g/mol. The van der Waals surface area contributed by atoms with Crippen LogP contribution >= 0.6 is 0 Å². The van der Waals surface area contributed by atoms with Crippen LogP contribution < -0.4 is 5.32 Å². The Bertz CT molecular complexity index is 843. The summed E-state index contributed by atoms with van der Waals surface area (Å²) in [7, 11) is 0. The quantitative estimate of drug-likeness (QED) is 0.591. The van der Waals surface area contributed by atoms with Crippen LogP contribution in [0.15, 0.2) is 39.1 Å². The molecular formula is C22H29NO5. The van der Waals surface area contributed by atoms with Crippen molar-refractivity contribution in [2.24, 2.45) is 5.41 Å². The molecule has 28 heavy (non-hydrogen) atoms. The molecule has 6 nitrogen and oxygen atoms in total. The number of ketones is 1. The average Bonchev–Trinajstić information content (AvgIpc) is 3.02. The summed E-state index contributed by atoms with van der Waals surface area (Å²) in [6, 6.07) is 3.69. The topological polar surface area (TPSA) is 77.8 Å². The van der Waals surface area contributed by atoms with Crippen LogP contribution in [0.3, 0.4) is 0 Å². The molecule has 0 fully saturated rings. The van der Waals surface area contributed by atoms with Gasteiger partial charge < -0.3 is 19.2 Å². The lowest BCUT2D eigenvalue weighted by atomic mass is 9.69. The van der Waals surface area contributed by atoms with Crippen molar-refractivity contribution in [3.63, 3.8) is 0 Å². The molecule has 1 N–H and O–H groups in total. The summed E-state index contributed by atoms with van der Waals surface area (Å²) in [6.45, 7) is 10.8. The Morgan fingerprint density at radius 1 is 1.25 bits per heavy atom. The van der Waals surface area contributed by atoms with Crippen LogP contribution in [0.5, 0.6) is 0 Å². The van der Waals surface area contributed by atoms with Crippen LogP contribution in [0.2, 0.25) is 0 Å². The number of esters is 1. The summed E-state index contributed by atoms with van der Waals surface area (Å²) in [5.74, 6) is 0.377. The fourth-order valence-electron chi connectivity index (χ4n) is 4.02. The van der Waals surface area contributed by atoms with Gasteiger partial charge in [-0.2, -0.15) is 0 Å². The average molecular weight is 387 g/mol. The number of nitrogens with one attached hydrogen (secondary N) is 1. The molecule has 2 aliphatic rings. The third-order valence-electron chi connectivity index (χ3n) is 5.17. The molecule has 1 aromatic heterocycles. The number of hydrogen-bond acceptors (Lipinski definition) is 6. The summed E-state index contributed by atoms with van der Waals surface area (Å²) < 4.78 is 16.5. The molecule has 0 saturated carbocycles. The minimum Gasteiger partial charge on any atom is -0.465 e. The first-order valence-corrected chi connectivity index (χ1v) is 9.78. The second kappa shape index (κ2) is 7.95. The van der Waals surface area contributed by atoms with Gasteiger partial charge in [-0.1, -0.05) is 13.8 Å². The van der Waals surface area contributed by atoms with E-state index in [4.69, 9.17) is 13.9 Å². The molecule has 0 saturated heterocycles. The molecular weight excluding hydrogens is 358 g/mol. The van der Waals surface area contributed by atoms with Gasteiger partial charge in [0.05, 0.1) is 18.1 Å². The van der Waals surface area contributed by atoms with Gasteiger partial charge in [0, 0.05) is 30.0 Å². The molecule has 1 aromatic rings. The van der Waals surface area contributed by atoms with Crippen molar-refractivity contribution in [2.45, 2.75) is 53.4 Å². The maximum Gasteiger partial charge on any atom is 0.336 e. The molecule has 1 aliphatic carbocycles. The standard InChI is InChI=1S/C22H29NO5/c1-6-26-9-10-27-21(25)18-14(3)23-15-11-22(4,5)12-16(24)19(15)20(18)17-8-7-13(2)28-17/h7-8,20,23H,6,9-12H2,1-5H3/t20-/m1/s1. The molecule has 0 unspecified atom stereocenters. The second-order valence-electron chi connectivity index (χ2n) is 8.21. The number of hydrogen-bond donors (Lipinski definition) is 1. The Kier molecular flexibility index (Phi) is 5.79. The maximum absolute atomic E-state index is 13.1. The Hall–Kier alpha value is -2.34. The summed E-state index contributed by atoms with van der Waals surface area (Å²) in [5, 5.41) is 3.31. The van der Waals surface area contributed by atoms with E-state index in [1.807, 2.05) is 32.9 Å². The van der Waals surface area contributed by atoms with E-state index >= 15 is 0 Å². The molecule has 2 heterocycles. The fraction of sp³-hybridized carbons (Fsp3) is 0.545. The van der Waals surface area contributed by atoms with E-state index < -0.39 is 11.9 Å². The van der Waals surface area contributed by atoms with E-state index in [-0.39, 0.29) is 17.8 Å². The zero-order valence-electron chi connectivity index (χ0n) is 17.3. The van der Waals surface area contributed by atoms with Gasteiger partial charge in [0.25, 0.3) is 0 Å². The molecule has 3 rings (SSSR count). The first kappa shape index (κ1) is 20.4. The van der Waals surface area contributed by atoms with E-state index in [1.165, 1.54) is 0 Å². The number of aryl methyl sites for hydroxylation is 1. The van der Waals surface area contributed by atoms with E-state index in [0.717, 1.165) is 17.9 Å². The van der Waals surface area contributed by atoms with Gasteiger partial charge in [-0.3, -0.25) is 4.79 Å². The Morgan fingerprint density at radius 3 is 2.64 bits per heavy atom. The van der Waals surface area contributed by atoms with Gasteiger partial charge in [0.1, 0.15) is 18.1 Å². The number of dihydropyridines is 1. The third kappa shape index (κ3) is 4.07. The smallest absolute Gasteiger partial charge is 0.336 e. The largest absolute Gasteiger partial charge is 0.465 e. The highest BCUT2D eigenvalue weighted by atomic mass is 16.6. The number of carbonyl (C=O) groups is 2. The van der Waals surface area contributed by atoms with Gasteiger partial charge in [-0.25, -0.2) is 4.79 Å². The highest BCUT2D eigenvalue weighted by Crippen LogP contribution is 2.47. The van der Waals surface area contributed by atoms with E-state index in [0.29, 0.717) is 42.2 Å². The van der Waals surface area contributed by atoms with Crippen LogP contribution in [0, 0.1) is 12.3 Å². The first-order valence-electron chi connectivity index (χ1n) is 9.78. The Balaban J connectivity index is 1.99. The first-order chi connectivity index (χ1) is 13.2. The number of allylic oxidation sites excluding steroid dienone is 3. The lowest BCUT2D eigenvalue weighted by molar-refractivity contribution is -0.141. The zero-order chi connectivity index (χ0) is 20.5. The van der Waals surface area contributed by atoms with Gasteiger partial charge >= 0.3 is 5.97 Å². The molecule has 0 aromatic carbocycles. The van der Waals surface area contributed by atoms with Crippen LogP contribution in [0.1, 0.15) is 58.0 Å². The molecule has 0 radical (unpaired) electrons. The number of ether oxygens (including phenoxy) is 2. The van der Waals surface area contributed by atoms with Gasteiger partial charge in [0.2, 0.25) is 0 Å². The molecule has 152 valence electrons. The minimum absolute atomic E-state index is 0.0462. The van der Waals surface area contributed by atoms with E-state index in [2.05, 4.69) is 19.2 Å². The zero-order valence-corrected chi connectivity index (χ0v) is 17.3. The molecule has 0 amide bonds. The van der Waals surface area contributed by atoms with Crippen molar-refractivity contribution in [1.29, 1.82) is 0 Å². The van der Waals surface area contributed by atoms with Crippen molar-refractivity contribution in [3.05, 3.63) is 46.2 Å². The van der Waals surface area contributed by atoms with Gasteiger partial charge in [-0.15, -0.1) is 0 Å². The van der Waals surface area contributed by atoms with Crippen molar-refractivity contribution in [2.75, 3.05) is 19.8 Å². The van der Waals surface area contributed by atoms with Crippen LogP contribution in [-0.4, -0.2) is 31.6 Å². The van der Waals surface area contributed by atoms with E-state index in [9.17, 15) is 9.59 Å². The van der Waals surface area contributed by atoms with Gasteiger partial charge in [-0.05, 0) is 44.7 Å². The number of rotatable bonds is 6. The summed E-state index contributed by atoms with van der Waals surface area (Å²) >= 11 is 0. The highest BCUT2D eigenvalue weighted by molar-refractivity contribution is 6.04. The SMILES string of the molecule is CCOCCOC(=O)C1=C(C)NC2=C(C(=O)CC(C)(C)C2)[C@@H]1c1ccc(C)o1. The van der Waals surface area contributed by atoms with Crippen molar-refractivity contribution >= 4 is 11.8 Å². The molecule has 6 heteroatoms. The molecule has 1 aliphatic heterocycles. The van der Waals surface area contributed by atoms with Crippen LogP contribution in [-0.2, 0) is 19.1 Å². The number of Topliss-reactive ketones (excluding diaryl/α,β-unsaturated/α-hetero) is 1. The predicted octanol–water partition coefficient (Wildman–Crippen LogP) is 3.77. The van der Waals surface area contributed by atoms with Crippen molar-refractivity contribution in [1.82, 2.24) is 5.32 Å². The lowest BCUT2D eigenvalue weighted by Crippen LogP contribution is -2.38. The summed E-state index contributed by atoms with van der Waals surface area (Å²) in [5.41, 5.74) is 2.50. The van der Waals surface area contributed by atoms with Crippen LogP contribution in [0.25, 0.3) is 0 Å².